The second kappa shape index (κ2) is 8.25. The van der Waals surface area contributed by atoms with Crippen molar-refractivity contribution in [2.24, 2.45) is 0 Å². The maximum absolute atomic E-state index is 12.3. The van der Waals surface area contributed by atoms with E-state index >= 15 is 0 Å². The molecule has 0 bridgehead atoms. The zero-order valence-corrected chi connectivity index (χ0v) is 15.0. The molecule has 5 nitrogen and oxygen atoms in total. The van der Waals surface area contributed by atoms with E-state index in [0.717, 1.165) is 17.7 Å². The van der Waals surface area contributed by atoms with Crippen molar-refractivity contribution in [1.29, 1.82) is 0 Å². The fourth-order valence-electron chi connectivity index (χ4n) is 2.50. The SMILES string of the molecule is CCc1ccc(Nc2cc(C(=O)NCc3ccc(C)cc3)ncn2)cc1. The summed E-state index contributed by atoms with van der Waals surface area (Å²) < 4.78 is 0. The highest BCUT2D eigenvalue weighted by molar-refractivity contribution is 5.92. The van der Waals surface area contributed by atoms with Gasteiger partial charge in [-0.2, -0.15) is 0 Å². The Kier molecular flexibility index (Phi) is 5.59. The summed E-state index contributed by atoms with van der Waals surface area (Å²) in [5, 5.41) is 6.08. The van der Waals surface area contributed by atoms with Gasteiger partial charge in [0.25, 0.3) is 5.91 Å². The Morgan fingerprint density at radius 1 is 0.962 bits per heavy atom. The number of aromatic nitrogens is 2. The molecule has 0 saturated heterocycles. The molecule has 0 saturated carbocycles. The van der Waals surface area contributed by atoms with Gasteiger partial charge in [0.1, 0.15) is 17.8 Å². The van der Waals surface area contributed by atoms with Crippen LogP contribution in [0.3, 0.4) is 0 Å². The topological polar surface area (TPSA) is 66.9 Å². The maximum Gasteiger partial charge on any atom is 0.270 e. The smallest absolute Gasteiger partial charge is 0.270 e. The Bertz CT molecular complexity index is 873. The van der Waals surface area contributed by atoms with E-state index < -0.39 is 0 Å². The molecular formula is C21H22N4O. The standard InChI is InChI=1S/C21H22N4O/c1-3-16-8-10-18(11-9-16)25-20-12-19(23-14-24-20)21(26)22-13-17-6-4-15(2)5-7-17/h4-12,14H,3,13H2,1-2H3,(H,22,26)(H,23,24,25). The van der Waals surface area contributed by atoms with Crippen molar-refractivity contribution < 1.29 is 4.79 Å². The predicted molar refractivity (Wildman–Crippen MR) is 103 cm³/mol. The van der Waals surface area contributed by atoms with Crippen molar-refractivity contribution in [3.8, 4) is 0 Å². The van der Waals surface area contributed by atoms with Crippen LogP contribution in [-0.4, -0.2) is 15.9 Å². The number of aryl methyl sites for hydroxylation is 2. The maximum atomic E-state index is 12.3. The molecule has 0 unspecified atom stereocenters. The quantitative estimate of drug-likeness (QED) is 0.707. The van der Waals surface area contributed by atoms with Crippen LogP contribution in [0.25, 0.3) is 0 Å². The summed E-state index contributed by atoms with van der Waals surface area (Å²) >= 11 is 0. The van der Waals surface area contributed by atoms with Gasteiger partial charge < -0.3 is 10.6 Å². The molecule has 1 heterocycles. The molecule has 26 heavy (non-hydrogen) atoms. The Hall–Kier alpha value is -3.21. The average Bonchev–Trinajstić information content (AvgIpc) is 2.68. The van der Waals surface area contributed by atoms with E-state index in [1.54, 1.807) is 6.07 Å². The summed E-state index contributed by atoms with van der Waals surface area (Å²) in [6, 6.07) is 17.8. The Morgan fingerprint density at radius 3 is 2.35 bits per heavy atom. The minimum Gasteiger partial charge on any atom is -0.347 e. The minimum absolute atomic E-state index is 0.225. The molecule has 1 amide bonds. The largest absolute Gasteiger partial charge is 0.347 e. The first-order chi connectivity index (χ1) is 12.6. The molecule has 0 fully saturated rings. The van der Waals surface area contributed by atoms with Crippen LogP contribution < -0.4 is 10.6 Å². The van der Waals surface area contributed by atoms with Crippen LogP contribution >= 0.6 is 0 Å². The summed E-state index contributed by atoms with van der Waals surface area (Å²) in [5.41, 5.74) is 4.77. The van der Waals surface area contributed by atoms with Crippen molar-refractivity contribution in [2.45, 2.75) is 26.8 Å². The van der Waals surface area contributed by atoms with Crippen LogP contribution in [-0.2, 0) is 13.0 Å². The number of amides is 1. The average molecular weight is 346 g/mol. The molecule has 0 aliphatic heterocycles. The first-order valence-electron chi connectivity index (χ1n) is 8.66. The number of hydrogen-bond acceptors (Lipinski definition) is 4. The number of benzene rings is 2. The van der Waals surface area contributed by atoms with E-state index in [9.17, 15) is 4.79 Å². The lowest BCUT2D eigenvalue weighted by atomic mass is 10.1. The van der Waals surface area contributed by atoms with E-state index in [1.165, 1.54) is 17.5 Å². The molecule has 3 rings (SSSR count). The normalized spacial score (nSPS) is 10.4. The second-order valence-electron chi connectivity index (χ2n) is 6.13. The lowest BCUT2D eigenvalue weighted by molar-refractivity contribution is 0.0946. The van der Waals surface area contributed by atoms with Crippen LogP contribution in [0.15, 0.2) is 60.9 Å². The summed E-state index contributed by atoms with van der Waals surface area (Å²) in [5.74, 6) is 0.363. The molecule has 3 aromatic rings. The van der Waals surface area contributed by atoms with Gasteiger partial charge in [-0.25, -0.2) is 9.97 Å². The first kappa shape index (κ1) is 17.6. The van der Waals surface area contributed by atoms with Gasteiger partial charge >= 0.3 is 0 Å². The number of rotatable bonds is 6. The number of anilines is 2. The van der Waals surface area contributed by atoms with E-state index in [2.05, 4.69) is 39.7 Å². The highest BCUT2D eigenvalue weighted by Crippen LogP contribution is 2.16. The Labute approximate surface area is 153 Å². The van der Waals surface area contributed by atoms with E-state index in [1.807, 2.05) is 43.3 Å². The first-order valence-corrected chi connectivity index (χ1v) is 8.66. The highest BCUT2D eigenvalue weighted by atomic mass is 16.1. The van der Waals surface area contributed by atoms with Crippen molar-refractivity contribution in [2.75, 3.05) is 5.32 Å². The molecule has 0 radical (unpaired) electrons. The van der Waals surface area contributed by atoms with Gasteiger partial charge in [-0.1, -0.05) is 48.9 Å². The lowest BCUT2D eigenvalue weighted by Crippen LogP contribution is -2.24. The Balaban J connectivity index is 1.63. The molecular weight excluding hydrogens is 324 g/mol. The van der Waals surface area contributed by atoms with Gasteiger partial charge in [0, 0.05) is 18.3 Å². The third-order valence-corrected chi connectivity index (χ3v) is 4.11. The number of nitrogens with zero attached hydrogens (tertiary/aromatic N) is 2. The van der Waals surface area contributed by atoms with Gasteiger partial charge in [-0.3, -0.25) is 4.79 Å². The second-order valence-corrected chi connectivity index (χ2v) is 6.13. The number of carbonyl (C=O) groups excluding carboxylic acids is 1. The molecule has 0 spiro atoms. The van der Waals surface area contributed by atoms with Gasteiger partial charge in [0.2, 0.25) is 0 Å². The monoisotopic (exact) mass is 346 g/mol. The van der Waals surface area contributed by atoms with Crippen LogP contribution in [0.5, 0.6) is 0 Å². The predicted octanol–water partition coefficient (Wildman–Crippen LogP) is 4.02. The van der Waals surface area contributed by atoms with Gasteiger partial charge in [0.15, 0.2) is 0 Å². The number of nitrogens with one attached hydrogen (secondary N) is 2. The van der Waals surface area contributed by atoms with Crippen LogP contribution in [0.2, 0.25) is 0 Å². The molecule has 132 valence electrons. The lowest BCUT2D eigenvalue weighted by Gasteiger charge is -2.08. The van der Waals surface area contributed by atoms with Gasteiger partial charge in [-0.15, -0.1) is 0 Å². The van der Waals surface area contributed by atoms with Crippen molar-refractivity contribution in [3.63, 3.8) is 0 Å². The summed E-state index contributed by atoms with van der Waals surface area (Å²) in [7, 11) is 0. The highest BCUT2D eigenvalue weighted by Gasteiger charge is 2.09. The fourth-order valence-corrected chi connectivity index (χ4v) is 2.50. The molecule has 0 atom stereocenters. The summed E-state index contributed by atoms with van der Waals surface area (Å²) in [4.78, 5) is 20.6. The third-order valence-electron chi connectivity index (χ3n) is 4.11. The van der Waals surface area contributed by atoms with Crippen molar-refractivity contribution in [3.05, 3.63) is 83.3 Å². The zero-order valence-electron chi connectivity index (χ0n) is 15.0. The van der Waals surface area contributed by atoms with Gasteiger partial charge in [-0.05, 0) is 36.6 Å². The molecule has 0 aliphatic carbocycles. The van der Waals surface area contributed by atoms with E-state index in [4.69, 9.17) is 0 Å². The molecule has 2 aromatic carbocycles. The Morgan fingerprint density at radius 2 is 1.65 bits per heavy atom. The summed E-state index contributed by atoms with van der Waals surface area (Å²) in [6.45, 7) is 4.62. The van der Waals surface area contributed by atoms with Crippen molar-refractivity contribution in [1.82, 2.24) is 15.3 Å². The van der Waals surface area contributed by atoms with Gasteiger partial charge in [0.05, 0.1) is 0 Å². The zero-order chi connectivity index (χ0) is 18.4. The van der Waals surface area contributed by atoms with E-state index in [0.29, 0.717) is 18.1 Å². The van der Waals surface area contributed by atoms with E-state index in [-0.39, 0.29) is 5.91 Å². The van der Waals surface area contributed by atoms with Crippen LogP contribution in [0, 0.1) is 6.92 Å². The minimum atomic E-state index is -0.225. The van der Waals surface area contributed by atoms with Crippen LogP contribution in [0.1, 0.15) is 34.1 Å². The molecule has 5 heteroatoms. The number of carbonyl (C=O) groups is 1. The molecule has 2 N–H and O–H groups in total. The van der Waals surface area contributed by atoms with Crippen molar-refractivity contribution >= 4 is 17.4 Å². The molecule has 0 aliphatic rings. The summed E-state index contributed by atoms with van der Waals surface area (Å²) in [6.07, 6.45) is 2.39. The molecule has 1 aromatic heterocycles. The fraction of sp³-hybridized carbons (Fsp3) is 0.190. The third kappa shape index (κ3) is 4.66. The van der Waals surface area contributed by atoms with Crippen LogP contribution in [0.4, 0.5) is 11.5 Å². The number of hydrogen-bond donors (Lipinski definition) is 2.